The lowest BCUT2D eigenvalue weighted by atomic mass is 9.78. The van der Waals surface area contributed by atoms with Crippen molar-refractivity contribution < 1.29 is 17.9 Å². The third-order valence-corrected chi connectivity index (χ3v) is 4.23. The third kappa shape index (κ3) is 2.47. The molecule has 3 aliphatic rings. The van der Waals surface area contributed by atoms with Crippen molar-refractivity contribution in [1.82, 2.24) is 5.32 Å². The summed E-state index contributed by atoms with van der Waals surface area (Å²) < 4.78 is 43.4. The number of halogens is 4. The fourth-order valence-corrected chi connectivity index (χ4v) is 2.87. The van der Waals surface area contributed by atoms with Gasteiger partial charge in [-0.1, -0.05) is 11.6 Å². The number of hydrogen-bond donors (Lipinski definition) is 1. The maximum Gasteiger partial charge on any atom is 0.416 e. The summed E-state index contributed by atoms with van der Waals surface area (Å²) in [5, 5.41) is 3.64. The summed E-state index contributed by atoms with van der Waals surface area (Å²) >= 11 is 5.95. The zero-order valence-corrected chi connectivity index (χ0v) is 10.8. The van der Waals surface area contributed by atoms with E-state index < -0.39 is 11.7 Å². The Morgan fingerprint density at radius 3 is 2.68 bits per heavy atom. The summed E-state index contributed by atoms with van der Waals surface area (Å²) in [6.45, 7) is 0.965. The second-order valence-electron chi connectivity index (χ2n) is 5.28. The molecule has 2 nitrogen and oxygen atoms in total. The van der Waals surface area contributed by atoms with Crippen LogP contribution in [0.3, 0.4) is 0 Å². The van der Waals surface area contributed by atoms with E-state index >= 15 is 0 Å². The molecular formula is C13H13ClF3NO. The molecule has 0 radical (unpaired) electrons. The van der Waals surface area contributed by atoms with Gasteiger partial charge < -0.3 is 10.1 Å². The highest BCUT2D eigenvalue weighted by molar-refractivity contribution is 6.31. The lowest BCUT2D eigenvalue weighted by Gasteiger charge is -2.36. The molecule has 1 N–H and O–H groups in total. The number of ether oxygens (including phenoxy) is 1. The Hall–Kier alpha value is -0.780. The van der Waals surface area contributed by atoms with Gasteiger partial charge in [-0.25, -0.2) is 0 Å². The minimum absolute atomic E-state index is 0.0533. The largest absolute Gasteiger partial charge is 0.416 e. The Balaban J connectivity index is 1.73. The van der Waals surface area contributed by atoms with Crippen molar-refractivity contribution in [2.75, 3.05) is 6.61 Å². The van der Waals surface area contributed by atoms with Crippen LogP contribution in [0.25, 0.3) is 0 Å². The van der Waals surface area contributed by atoms with Crippen molar-refractivity contribution in [2.45, 2.75) is 37.2 Å². The molecule has 2 bridgehead atoms. The molecular weight excluding hydrogens is 279 g/mol. The van der Waals surface area contributed by atoms with E-state index in [-0.39, 0.29) is 5.54 Å². The molecule has 0 spiro atoms. The Kier molecular flexibility index (Phi) is 3.04. The monoisotopic (exact) mass is 291 g/mol. The van der Waals surface area contributed by atoms with Crippen LogP contribution in [-0.2, 0) is 17.5 Å². The molecule has 2 heterocycles. The van der Waals surface area contributed by atoms with Gasteiger partial charge in [-0.2, -0.15) is 13.2 Å². The second-order valence-corrected chi connectivity index (χ2v) is 5.69. The van der Waals surface area contributed by atoms with Crippen LogP contribution in [-0.4, -0.2) is 18.2 Å². The normalized spacial score (nSPS) is 29.4. The zero-order valence-electron chi connectivity index (χ0n) is 10.1. The van der Waals surface area contributed by atoms with E-state index in [1.165, 1.54) is 6.07 Å². The molecule has 1 aromatic carbocycles. The molecule has 6 heteroatoms. The molecule has 0 aromatic heterocycles. The summed E-state index contributed by atoms with van der Waals surface area (Å²) in [4.78, 5) is 0. The van der Waals surface area contributed by atoms with Gasteiger partial charge in [0.25, 0.3) is 0 Å². The third-order valence-electron chi connectivity index (χ3n) is 3.86. The van der Waals surface area contributed by atoms with Crippen LogP contribution in [0.2, 0.25) is 5.02 Å². The first kappa shape index (κ1) is 13.2. The predicted octanol–water partition coefficient (Wildman–Crippen LogP) is 3.38. The van der Waals surface area contributed by atoms with Crippen LogP contribution in [0.15, 0.2) is 18.2 Å². The van der Waals surface area contributed by atoms with E-state index in [2.05, 4.69) is 5.32 Å². The predicted molar refractivity (Wildman–Crippen MR) is 65.0 cm³/mol. The smallest absolute Gasteiger partial charge is 0.376 e. The van der Waals surface area contributed by atoms with Gasteiger partial charge >= 0.3 is 6.18 Å². The average molecular weight is 292 g/mol. The number of alkyl halides is 3. The summed E-state index contributed by atoms with van der Waals surface area (Å²) in [6, 6.07) is 3.41. The fraction of sp³-hybridized carbons (Fsp3) is 0.538. The van der Waals surface area contributed by atoms with Gasteiger partial charge in [-0.15, -0.1) is 0 Å². The topological polar surface area (TPSA) is 21.3 Å². The van der Waals surface area contributed by atoms with E-state index in [1.54, 1.807) is 0 Å². The molecule has 19 heavy (non-hydrogen) atoms. The molecule has 0 amide bonds. The van der Waals surface area contributed by atoms with Crippen molar-refractivity contribution in [3.63, 3.8) is 0 Å². The molecule has 0 unspecified atom stereocenters. The maximum absolute atomic E-state index is 12.6. The second kappa shape index (κ2) is 4.36. The summed E-state index contributed by atoms with van der Waals surface area (Å²) in [5.74, 6) is 0. The standard InChI is InChI=1S/C13H13ClF3NO/c14-11-2-1-9(13(15,16)17)3-8(11)6-18-12-4-10(5-12)19-7-12/h1-3,10,18H,4-7H2. The highest BCUT2D eigenvalue weighted by atomic mass is 35.5. The SMILES string of the molecule is FC(F)(F)c1ccc(Cl)c(CNC23COC(C2)C3)c1. The first-order valence-electron chi connectivity index (χ1n) is 6.10. The van der Waals surface area contributed by atoms with Crippen LogP contribution in [0.4, 0.5) is 13.2 Å². The minimum atomic E-state index is -4.34. The number of nitrogens with one attached hydrogen (secondary N) is 1. The van der Waals surface area contributed by atoms with Gasteiger partial charge in [0.05, 0.1) is 18.3 Å². The summed E-state index contributed by atoms with van der Waals surface area (Å²) in [6.07, 6.45) is -2.15. The first-order valence-corrected chi connectivity index (χ1v) is 6.48. The summed E-state index contributed by atoms with van der Waals surface area (Å²) in [7, 11) is 0. The van der Waals surface area contributed by atoms with E-state index in [0.717, 1.165) is 25.0 Å². The molecule has 1 aliphatic carbocycles. The number of rotatable bonds is 3. The van der Waals surface area contributed by atoms with E-state index in [9.17, 15) is 13.2 Å². The van der Waals surface area contributed by atoms with Crippen molar-refractivity contribution in [1.29, 1.82) is 0 Å². The molecule has 2 aliphatic heterocycles. The van der Waals surface area contributed by atoms with Gasteiger partial charge in [-0.3, -0.25) is 0 Å². The van der Waals surface area contributed by atoms with E-state index in [0.29, 0.717) is 29.8 Å². The molecule has 104 valence electrons. The fourth-order valence-electron chi connectivity index (χ4n) is 2.69. The number of hydrogen-bond acceptors (Lipinski definition) is 2. The van der Waals surface area contributed by atoms with Crippen LogP contribution in [0.5, 0.6) is 0 Å². The first-order chi connectivity index (χ1) is 8.88. The lowest BCUT2D eigenvalue weighted by molar-refractivity contribution is -0.137. The molecule has 3 fully saturated rings. The Morgan fingerprint density at radius 1 is 1.37 bits per heavy atom. The maximum atomic E-state index is 12.6. The van der Waals surface area contributed by atoms with E-state index in [4.69, 9.17) is 16.3 Å². The van der Waals surface area contributed by atoms with Gasteiger partial charge in [-0.05, 0) is 36.6 Å². The lowest BCUT2D eigenvalue weighted by Crippen LogP contribution is -2.52. The Bertz CT molecular complexity index is 492. The van der Waals surface area contributed by atoms with Crippen molar-refractivity contribution in [3.8, 4) is 0 Å². The van der Waals surface area contributed by atoms with Crippen LogP contribution in [0, 0.1) is 0 Å². The van der Waals surface area contributed by atoms with Gasteiger partial charge in [0.1, 0.15) is 0 Å². The Morgan fingerprint density at radius 2 is 2.11 bits per heavy atom. The van der Waals surface area contributed by atoms with Crippen LogP contribution < -0.4 is 5.32 Å². The molecule has 1 saturated carbocycles. The Labute approximate surface area is 113 Å². The quantitative estimate of drug-likeness (QED) is 0.922. The van der Waals surface area contributed by atoms with Crippen molar-refractivity contribution in [3.05, 3.63) is 34.3 Å². The number of benzene rings is 1. The van der Waals surface area contributed by atoms with Crippen molar-refractivity contribution >= 4 is 11.6 Å². The minimum Gasteiger partial charge on any atom is -0.376 e. The zero-order chi connectivity index (χ0) is 13.7. The molecule has 0 atom stereocenters. The average Bonchev–Trinajstić information content (AvgIpc) is 2.85. The van der Waals surface area contributed by atoms with E-state index in [1.807, 2.05) is 0 Å². The molecule has 2 saturated heterocycles. The molecule has 1 aromatic rings. The van der Waals surface area contributed by atoms with Gasteiger partial charge in [0.15, 0.2) is 0 Å². The van der Waals surface area contributed by atoms with Gasteiger partial charge in [0.2, 0.25) is 0 Å². The van der Waals surface area contributed by atoms with Crippen LogP contribution in [0.1, 0.15) is 24.0 Å². The highest BCUT2D eigenvalue weighted by Gasteiger charge is 2.51. The van der Waals surface area contributed by atoms with Crippen LogP contribution >= 0.6 is 11.6 Å². The van der Waals surface area contributed by atoms with Crippen molar-refractivity contribution in [2.24, 2.45) is 0 Å². The highest BCUT2D eigenvalue weighted by Crippen LogP contribution is 2.42. The molecule has 4 rings (SSSR count). The number of fused-ring (bicyclic) bond motifs is 1. The summed E-state index contributed by atoms with van der Waals surface area (Å²) in [5.41, 5.74) is -0.246. The van der Waals surface area contributed by atoms with Gasteiger partial charge in [0, 0.05) is 17.1 Å².